The minimum atomic E-state index is -4.06. The Kier molecular flexibility index (Phi) is 10.9. The number of nitrogens with one attached hydrogen (secondary N) is 2. The summed E-state index contributed by atoms with van der Waals surface area (Å²) in [5, 5.41) is 26.0. The molecule has 0 amide bonds. The number of β-amino-alcohol motifs (C(OH)–C–C–N with tert-alkyl or cyclic N) is 1. The summed E-state index contributed by atoms with van der Waals surface area (Å²) in [6.45, 7) is 1.19. The van der Waals surface area contributed by atoms with Crippen molar-refractivity contribution in [2.24, 2.45) is 5.92 Å². The number of pyridine rings is 1. The van der Waals surface area contributed by atoms with Gasteiger partial charge >= 0.3 is 5.97 Å². The van der Waals surface area contributed by atoms with Crippen molar-refractivity contribution in [3.8, 4) is 0 Å². The summed E-state index contributed by atoms with van der Waals surface area (Å²) in [6.07, 6.45) is 4.88. The average Bonchev–Trinajstić information content (AvgIpc) is 3.58. The molecule has 44 heavy (non-hydrogen) atoms. The Balaban J connectivity index is 1.37. The fraction of sp³-hybridized carbons (Fsp3) is 0.630. The number of thiophene rings is 1. The number of sulfone groups is 1. The molecule has 17 heteroatoms. The molecule has 5 heterocycles. The zero-order valence-corrected chi connectivity index (χ0v) is 30.0. The number of aliphatic hydroxyl groups is 1. The van der Waals surface area contributed by atoms with Crippen LogP contribution >= 0.6 is 54.8 Å². The van der Waals surface area contributed by atoms with Gasteiger partial charge in [0.15, 0.2) is 9.84 Å². The Morgan fingerprint density at radius 1 is 1.18 bits per heavy atom. The number of carboxylic acids is 1. The van der Waals surface area contributed by atoms with E-state index < -0.39 is 47.5 Å². The summed E-state index contributed by atoms with van der Waals surface area (Å²) in [5.41, 5.74) is -0.798. The summed E-state index contributed by atoms with van der Waals surface area (Å²) in [7, 11) is -7.84. The molecule has 11 nitrogen and oxygen atoms in total. The van der Waals surface area contributed by atoms with Gasteiger partial charge in [-0.15, -0.1) is 11.3 Å². The lowest BCUT2D eigenvalue weighted by molar-refractivity contribution is -0.139. The summed E-state index contributed by atoms with van der Waals surface area (Å²) in [4.78, 5) is 15.5. The molecular weight excluding hydrogens is 784 g/mol. The maximum Gasteiger partial charge on any atom is 0.320 e. The van der Waals surface area contributed by atoms with Gasteiger partial charge in [0.25, 0.3) is 10.0 Å². The molecule has 2 aromatic heterocycles. The van der Waals surface area contributed by atoms with Crippen molar-refractivity contribution in [2.45, 2.75) is 81.8 Å². The van der Waals surface area contributed by atoms with Gasteiger partial charge in [-0.05, 0) is 78.7 Å². The smallest absolute Gasteiger partial charge is 0.320 e. The highest BCUT2D eigenvalue weighted by Crippen LogP contribution is 2.41. The molecule has 5 unspecified atom stereocenters. The molecular formula is C27H35Br2ClN4O7S3. The van der Waals surface area contributed by atoms with Gasteiger partial charge in [-0.2, -0.15) is 4.31 Å². The second-order valence-electron chi connectivity index (χ2n) is 11.8. The van der Waals surface area contributed by atoms with Crippen LogP contribution in [0.1, 0.15) is 56.7 Å². The van der Waals surface area contributed by atoms with Gasteiger partial charge in [0.2, 0.25) is 0 Å². The molecule has 0 radical (unpaired) electrons. The van der Waals surface area contributed by atoms with Gasteiger partial charge in [0.05, 0.1) is 21.4 Å². The first-order chi connectivity index (χ1) is 20.7. The Bertz CT molecular complexity index is 1540. The number of carbonyl (C=O) groups is 1. The number of aliphatic carboxylic acids is 1. The minimum Gasteiger partial charge on any atom is -0.480 e. The summed E-state index contributed by atoms with van der Waals surface area (Å²) in [5.74, 6) is -1.34. The van der Waals surface area contributed by atoms with Crippen molar-refractivity contribution in [3.63, 3.8) is 0 Å². The van der Waals surface area contributed by atoms with Gasteiger partial charge in [0, 0.05) is 47.6 Å². The first-order valence-electron chi connectivity index (χ1n) is 14.4. The predicted molar refractivity (Wildman–Crippen MR) is 175 cm³/mol. The number of rotatable bonds is 10. The highest BCUT2D eigenvalue weighted by molar-refractivity contribution is 9.10. The molecule has 0 bridgehead atoms. The Morgan fingerprint density at radius 3 is 2.45 bits per heavy atom. The molecule has 2 aromatic rings. The Hall–Kier alpha value is -0.690. The van der Waals surface area contributed by atoms with Gasteiger partial charge in [-0.25, -0.2) is 16.8 Å². The summed E-state index contributed by atoms with van der Waals surface area (Å²) < 4.78 is 57.4. The molecule has 4 N–H and O–H groups in total. The molecule has 3 aliphatic heterocycles. The monoisotopic (exact) mass is 816 g/mol. The van der Waals surface area contributed by atoms with Crippen LogP contribution in [0.4, 0.5) is 0 Å². The molecule has 5 atom stereocenters. The van der Waals surface area contributed by atoms with Crippen molar-refractivity contribution >= 4 is 80.6 Å². The standard InChI is InChI=1S/C27H35Br2ClN4O7S3/c28-18-11-23(42-25(18)30)44(40,41)34-9-6-16(7-10-34)24(29)22(13-27(37)12-21(26(35)36)33-15-27)43(38,39)17-4-5-20(32-14-17)19-3-1-2-8-31-19/h4-5,11,14,16,19,21-22,24,31,33,37H,1-3,6-10,12-13,15H2,(H,35,36). The maximum absolute atomic E-state index is 14.2. The molecule has 0 aliphatic carbocycles. The van der Waals surface area contributed by atoms with E-state index in [0.29, 0.717) is 21.7 Å². The van der Waals surface area contributed by atoms with Crippen molar-refractivity contribution in [2.75, 3.05) is 26.2 Å². The first kappa shape index (κ1) is 34.6. The third kappa shape index (κ3) is 7.39. The molecule has 5 rings (SSSR count). The number of sulfonamides is 1. The van der Waals surface area contributed by atoms with Crippen molar-refractivity contribution in [1.29, 1.82) is 0 Å². The molecule has 3 fully saturated rings. The van der Waals surface area contributed by atoms with Gasteiger partial charge in [-0.3, -0.25) is 9.78 Å². The number of aromatic nitrogens is 1. The van der Waals surface area contributed by atoms with E-state index in [-0.39, 0.29) is 53.5 Å². The molecule has 0 saturated carbocycles. The zero-order chi connectivity index (χ0) is 31.9. The molecule has 3 saturated heterocycles. The van der Waals surface area contributed by atoms with E-state index in [4.69, 9.17) is 11.6 Å². The summed E-state index contributed by atoms with van der Waals surface area (Å²) >= 11 is 14.0. The van der Waals surface area contributed by atoms with Crippen LogP contribution in [0.15, 0.2) is 38.0 Å². The number of alkyl halides is 1. The topological polar surface area (TPSA) is 166 Å². The molecule has 3 aliphatic rings. The van der Waals surface area contributed by atoms with E-state index in [1.165, 1.54) is 16.6 Å². The highest BCUT2D eigenvalue weighted by atomic mass is 79.9. The number of halogens is 3. The lowest BCUT2D eigenvalue weighted by atomic mass is 9.87. The van der Waals surface area contributed by atoms with Crippen LogP contribution in [0.5, 0.6) is 0 Å². The number of piperidine rings is 2. The highest BCUT2D eigenvalue weighted by Gasteiger charge is 2.48. The fourth-order valence-corrected chi connectivity index (χ4v) is 13.7. The Labute approximate surface area is 283 Å². The van der Waals surface area contributed by atoms with Crippen LogP contribution in [-0.2, 0) is 24.7 Å². The van der Waals surface area contributed by atoms with Crippen molar-refractivity contribution in [3.05, 3.63) is 38.9 Å². The van der Waals surface area contributed by atoms with E-state index in [9.17, 15) is 31.8 Å². The second kappa shape index (κ2) is 13.8. The van der Waals surface area contributed by atoms with Crippen molar-refractivity contribution < 1.29 is 31.8 Å². The van der Waals surface area contributed by atoms with Gasteiger partial charge in [0.1, 0.15) is 14.6 Å². The minimum absolute atomic E-state index is 0.0241. The van der Waals surface area contributed by atoms with Crippen LogP contribution in [-0.4, -0.2) is 90.2 Å². The predicted octanol–water partition coefficient (Wildman–Crippen LogP) is 3.95. The van der Waals surface area contributed by atoms with E-state index in [0.717, 1.165) is 42.8 Å². The number of carboxylic acid groups (broad SMARTS) is 1. The SMILES string of the molecule is O=C(O)C1CC(O)(CC(C(Br)C2CCN(S(=O)(=O)c3cc(Br)c(Cl)s3)CC2)S(=O)(=O)c2ccc(C3CCCCN3)nc2)CN1. The van der Waals surface area contributed by atoms with Gasteiger partial charge < -0.3 is 20.8 Å². The van der Waals surface area contributed by atoms with E-state index in [2.05, 4.69) is 47.5 Å². The normalized spacial score (nSPS) is 27.3. The summed E-state index contributed by atoms with van der Waals surface area (Å²) in [6, 6.07) is 3.83. The van der Waals surface area contributed by atoms with Crippen LogP contribution in [0.3, 0.4) is 0 Å². The van der Waals surface area contributed by atoms with E-state index in [1.807, 2.05) is 0 Å². The molecule has 0 spiro atoms. The average molecular weight is 819 g/mol. The van der Waals surface area contributed by atoms with Crippen LogP contribution in [0.25, 0.3) is 0 Å². The third-order valence-electron chi connectivity index (χ3n) is 8.82. The van der Waals surface area contributed by atoms with Crippen LogP contribution in [0, 0.1) is 5.92 Å². The number of nitrogens with zero attached hydrogens (tertiary/aromatic N) is 2. The van der Waals surface area contributed by atoms with Gasteiger partial charge in [-0.1, -0.05) is 34.0 Å². The fourth-order valence-electron chi connectivity index (χ4n) is 6.30. The largest absolute Gasteiger partial charge is 0.480 e. The molecule has 244 valence electrons. The van der Waals surface area contributed by atoms with Crippen LogP contribution in [0.2, 0.25) is 4.34 Å². The van der Waals surface area contributed by atoms with E-state index >= 15 is 0 Å². The van der Waals surface area contributed by atoms with Crippen LogP contribution < -0.4 is 10.6 Å². The lowest BCUT2D eigenvalue weighted by Gasteiger charge is -2.38. The lowest BCUT2D eigenvalue weighted by Crippen LogP contribution is -2.47. The van der Waals surface area contributed by atoms with E-state index in [1.54, 1.807) is 12.1 Å². The zero-order valence-electron chi connectivity index (χ0n) is 23.7. The Morgan fingerprint density at radius 2 is 1.91 bits per heavy atom. The second-order valence-corrected chi connectivity index (χ2v) is 19.7. The number of hydrogen-bond acceptors (Lipinski definition) is 10. The quantitative estimate of drug-likeness (QED) is 0.258. The first-order valence-corrected chi connectivity index (χ1v) is 20.3. The number of hydrogen-bond donors (Lipinski definition) is 4. The third-order valence-corrected chi connectivity index (χ3v) is 17.5. The maximum atomic E-state index is 14.2. The van der Waals surface area contributed by atoms with Crippen molar-refractivity contribution in [1.82, 2.24) is 19.9 Å². The molecule has 0 aromatic carbocycles.